The van der Waals surface area contributed by atoms with Gasteiger partial charge in [-0.15, -0.1) is 0 Å². The number of benzene rings is 2. The zero-order valence-corrected chi connectivity index (χ0v) is 11.2. The molecule has 21 heavy (non-hydrogen) atoms. The van der Waals surface area contributed by atoms with E-state index in [1.54, 1.807) is 19.1 Å². The monoisotopic (exact) mass is 286 g/mol. The first-order chi connectivity index (χ1) is 9.95. The van der Waals surface area contributed by atoms with Crippen LogP contribution in [0.2, 0.25) is 0 Å². The number of nitrogen functional groups attached to an aromatic ring is 2. The third-order valence-corrected chi connectivity index (χ3v) is 3.34. The smallest absolute Gasteiger partial charge is 0.222 e. The summed E-state index contributed by atoms with van der Waals surface area (Å²) in [7, 11) is 0. The fourth-order valence-corrected chi connectivity index (χ4v) is 2.46. The maximum atomic E-state index is 13.4. The third-order valence-electron chi connectivity index (χ3n) is 3.34. The number of fused-ring (bicyclic) bond motifs is 1. The van der Waals surface area contributed by atoms with Gasteiger partial charge in [0.15, 0.2) is 0 Å². The van der Waals surface area contributed by atoms with Crippen molar-refractivity contribution in [3.8, 4) is 11.1 Å². The molecule has 0 atom stereocenters. The van der Waals surface area contributed by atoms with E-state index >= 15 is 0 Å². The van der Waals surface area contributed by atoms with Crippen LogP contribution in [0.4, 0.5) is 20.5 Å². The van der Waals surface area contributed by atoms with E-state index < -0.39 is 11.6 Å². The molecule has 0 amide bonds. The lowest BCUT2D eigenvalue weighted by Gasteiger charge is -2.11. The molecule has 6 heteroatoms. The average molecular weight is 286 g/mol. The van der Waals surface area contributed by atoms with Gasteiger partial charge in [-0.2, -0.15) is 4.98 Å². The zero-order chi connectivity index (χ0) is 15.1. The molecule has 2 aromatic carbocycles. The lowest BCUT2D eigenvalue weighted by Crippen LogP contribution is -2.02. The van der Waals surface area contributed by atoms with Gasteiger partial charge in [0.2, 0.25) is 5.95 Å². The van der Waals surface area contributed by atoms with Gasteiger partial charge >= 0.3 is 0 Å². The number of hydrogen-bond acceptors (Lipinski definition) is 4. The summed E-state index contributed by atoms with van der Waals surface area (Å²) in [6, 6.07) is 6.81. The Labute approximate surface area is 119 Å². The van der Waals surface area contributed by atoms with Crippen molar-refractivity contribution >= 4 is 22.7 Å². The largest absolute Gasteiger partial charge is 0.383 e. The molecule has 0 spiro atoms. The zero-order valence-electron chi connectivity index (χ0n) is 11.2. The summed E-state index contributed by atoms with van der Waals surface area (Å²) in [6.07, 6.45) is 0. The standard InChI is InChI=1S/C15H12F2N4/c1-7-11(8-4-9(16)6-10(17)5-8)2-3-12-13(7)14(18)21-15(19)20-12/h2-6H,1H3,(H4,18,19,20,21). The normalized spacial score (nSPS) is 11.0. The lowest BCUT2D eigenvalue weighted by molar-refractivity contribution is 0.584. The molecule has 106 valence electrons. The van der Waals surface area contributed by atoms with Crippen LogP contribution < -0.4 is 11.5 Å². The number of nitrogens with zero attached hydrogens (tertiary/aromatic N) is 2. The predicted molar refractivity (Wildman–Crippen MR) is 78.5 cm³/mol. The van der Waals surface area contributed by atoms with Gasteiger partial charge in [0, 0.05) is 11.5 Å². The Morgan fingerprint density at radius 2 is 1.62 bits per heavy atom. The maximum absolute atomic E-state index is 13.4. The fourth-order valence-electron chi connectivity index (χ4n) is 2.46. The van der Waals surface area contributed by atoms with E-state index in [-0.39, 0.29) is 11.8 Å². The summed E-state index contributed by atoms with van der Waals surface area (Å²) in [5.41, 5.74) is 13.9. The first kappa shape index (κ1) is 13.2. The molecule has 0 aliphatic rings. The Balaban J connectivity index is 2.32. The second-order valence-electron chi connectivity index (χ2n) is 4.76. The molecule has 0 aliphatic carbocycles. The van der Waals surface area contributed by atoms with Crippen molar-refractivity contribution in [3.05, 3.63) is 47.5 Å². The number of rotatable bonds is 1. The Kier molecular flexibility index (Phi) is 2.94. The summed E-state index contributed by atoms with van der Waals surface area (Å²) in [5, 5.41) is 0.631. The van der Waals surface area contributed by atoms with Crippen LogP contribution in [0, 0.1) is 18.6 Å². The maximum Gasteiger partial charge on any atom is 0.222 e. The van der Waals surface area contributed by atoms with E-state index in [1.807, 2.05) is 0 Å². The van der Waals surface area contributed by atoms with E-state index in [0.717, 1.165) is 11.6 Å². The van der Waals surface area contributed by atoms with Crippen LogP contribution in [0.15, 0.2) is 30.3 Å². The molecule has 4 nitrogen and oxygen atoms in total. The molecule has 0 fully saturated rings. The molecule has 0 saturated heterocycles. The van der Waals surface area contributed by atoms with Crippen molar-refractivity contribution < 1.29 is 8.78 Å². The topological polar surface area (TPSA) is 77.8 Å². The Hall–Kier alpha value is -2.76. The highest BCUT2D eigenvalue weighted by atomic mass is 19.1. The van der Waals surface area contributed by atoms with Crippen LogP contribution in [0.25, 0.3) is 22.0 Å². The summed E-state index contributed by atoms with van der Waals surface area (Å²) in [6.45, 7) is 1.80. The van der Waals surface area contributed by atoms with Crippen LogP contribution in [-0.4, -0.2) is 9.97 Å². The van der Waals surface area contributed by atoms with Gasteiger partial charge < -0.3 is 11.5 Å². The van der Waals surface area contributed by atoms with E-state index in [0.29, 0.717) is 22.0 Å². The molecule has 3 aromatic rings. The van der Waals surface area contributed by atoms with Crippen LogP contribution >= 0.6 is 0 Å². The van der Waals surface area contributed by atoms with Crippen molar-refractivity contribution in [2.75, 3.05) is 11.5 Å². The van der Waals surface area contributed by atoms with Gasteiger partial charge in [0.1, 0.15) is 17.5 Å². The first-order valence-corrected chi connectivity index (χ1v) is 6.24. The van der Waals surface area contributed by atoms with Gasteiger partial charge in [-0.05, 0) is 41.8 Å². The highest BCUT2D eigenvalue weighted by Gasteiger charge is 2.12. The number of anilines is 2. The van der Waals surface area contributed by atoms with Gasteiger partial charge in [-0.25, -0.2) is 13.8 Å². The van der Waals surface area contributed by atoms with Crippen LogP contribution in [-0.2, 0) is 0 Å². The average Bonchev–Trinajstić information content (AvgIpc) is 2.36. The van der Waals surface area contributed by atoms with Gasteiger partial charge in [0.05, 0.1) is 5.52 Å². The van der Waals surface area contributed by atoms with Crippen LogP contribution in [0.5, 0.6) is 0 Å². The number of halogens is 2. The summed E-state index contributed by atoms with van der Waals surface area (Å²) < 4.78 is 26.8. The minimum absolute atomic E-state index is 0.0870. The summed E-state index contributed by atoms with van der Waals surface area (Å²) >= 11 is 0. The van der Waals surface area contributed by atoms with E-state index in [2.05, 4.69) is 9.97 Å². The van der Waals surface area contributed by atoms with Crippen molar-refractivity contribution in [3.63, 3.8) is 0 Å². The molecule has 1 heterocycles. The second-order valence-corrected chi connectivity index (χ2v) is 4.76. The van der Waals surface area contributed by atoms with Gasteiger partial charge in [-0.1, -0.05) is 6.07 Å². The molecule has 0 unspecified atom stereocenters. The minimum atomic E-state index is -0.633. The van der Waals surface area contributed by atoms with Gasteiger partial charge in [0.25, 0.3) is 0 Å². The van der Waals surface area contributed by atoms with E-state index in [4.69, 9.17) is 11.5 Å². The highest BCUT2D eigenvalue weighted by Crippen LogP contribution is 2.32. The first-order valence-electron chi connectivity index (χ1n) is 6.24. The molecular formula is C15H12F2N4. The quantitative estimate of drug-likeness (QED) is 0.720. The van der Waals surface area contributed by atoms with Crippen molar-refractivity contribution in [1.29, 1.82) is 0 Å². The number of aromatic nitrogens is 2. The Morgan fingerprint density at radius 1 is 0.952 bits per heavy atom. The van der Waals surface area contributed by atoms with Crippen molar-refractivity contribution in [1.82, 2.24) is 9.97 Å². The van der Waals surface area contributed by atoms with Crippen molar-refractivity contribution in [2.24, 2.45) is 0 Å². The van der Waals surface area contributed by atoms with Crippen LogP contribution in [0.1, 0.15) is 5.56 Å². The van der Waals surface area contributed by atoms with E-state index in [1.165, 1.54) is 12.1 Å². The molecule has 0 aliphatic heterocycles. The van der Waals surface area contributed by atoms with Gasteiger partial charge in [-0.3, -0.25) is 0 Å². The molecule has 0 radical (unpaired) electrons. The second kappa shape index (κ2) is 4.66. The molecule has 3 rings (SSSR count). The van der Waals surface area contributed by atoms with Crippen molar-refractivity contribution in [2.45, 2.75) is 6.92 Å². The molecule has 0 saturated carbocycles. The molecule has 0 bridgehead atoms. The minimum Gasteiger partial charge on any atom is -0.383 e. The SMILES string of the molecule is Cc1c(-c2cc(F)cc(F)c2)ccc2nc(N)nc(N)c12. The summed E-state index contributed by atoms with van der Waals surface area (Å²) in [5.74, 6) is -0.935. The predicted octanol–water partition coefficient (Wildman–Crippen LogP) is 3.05. The summed E-state index contributed by atoms with van der Waals surface area (Å²) in [4.78, 5) is 8.03. The molecule has 1 aromatic heterocycles. The highest BCUT2D eigenvalue weighted by molar-refractivity contribution is 5.96. The third kappa shape index (κ3) is 2.24. The van der Waals surface area contributed by atoms with E-state index in [9.17, 15) is 8.78 Å². The Bertz CT molecular complexity index is 842. The number of nitrogens with two attached hydrogens (primary N) is 2. The Morgan fingerprint density at radius 3 is 2.29 bits per heavy atom. The number of hydrogen-bond donors (Lipinski definition) is 2. The van der Waals surface area contributed by atoms with Crippen LogP contribution in [0.3, 0.4) is 0 Å². The number of aryl methyl sites for hydroxylation is 1. The molecular weight excluding hydrogens is 274 g/mol. The molecule has 4 N–H and O–H groups in total. The fraction of sp³-hybridized carbons (Fsp3) is 0.0667. The lowest BCUT2D eigenvalue weighted by atomic mass is 9.97.